The number of hydrogen-bond donors (Lipinski definition) is 3. The van der Waals surface area contributed by atoms with Crippen LogP contribution in [0.2, 0.25) is 0 Å². The number of hydrogen-bond acceptors (Lipinski definition) is 2. The molecule has 0 fully saturated rings. The first-order chi connectivity index (χ1) is 5.43. The molecule has 68 valence electrons. The van der Waals surface area contributed by atoms with Crippen molar-refractivity contribution >= 4 is 5.82 Å². The second-order valence-electron chi connectivity index (χ2n) is 2.37. The van der Waals surface area contributed by atoms with E-state index < -0.39 is 12.2 Å². The van der Waals surface area contributed by atoms with Crippen molar-refractivity contribution in [2.75, 3.05) is 5.73 Å². The minimum Gasteiger partial charge on any atom is -0.385 e. The highest BCUT2D eigenvalue weighted by Crippen LogP contribution is 2.32. The van der Waals surface area contributed by atoms with E-state index in [0.29, 0.717) is 0 Å². The summed E-state index contributed by atoms with van der Waals surface area (Å²) in [6, 6.07) is -0.795. The maximum absolute atomic E-state index is 12.0. The van der Waals surface area contributed by atoms with Gasteiger partial charge in [-0.25, -0.2) is 0 Å². The van der Waals surface area contributed by atoms with Gasteiger partial charge in [-0.05, 0) is 6.07 Å². The van der Waals surface area contributed by atoms with Crippen LogP contribution in [-0.4, -0.2) is 11.2 Å². The largest absolute Gasteiger partial charge is 0.407 e. The molecule has 0 aliphatic heterocycles. The molecule has 0 aliphatic carbocycles. The first-order valence-corrected chi connectivity index (χ1v) is 3.18. The first kappa shape index (κ1) is 8.92. The molecule has 0 saturated heterocycles. The Morgan fingerprint density at radius 1 is 1.42 bits per heavy atom. The van der Waals surface area contributed by atoms with Gasteiger partial charge in [-0.2, -0.15) is 13.2 Å². The summed E-state index contributed by atoms with van der Waals surface area (Å²) in [6.45, 7) is 0. The van der Waals surface area contributed by atoms with Crippen molar-refractivity contribution in [2.45, 2.75) is 12.2 Å². The Labute approximate surface area is 66.5 Å². The number of H-pyrrole nitrogens is 1. The van der Waals surface area contributed by atoms with E-state index in [9.17, 15) is 13.2 Å². The Balaban J connectivity index is 2.92. The molecule has 0 saturated carbocycles. The topological polar surface area (TPSA) is 67.8 Å². The summed E-state index contributed by atoms with van der Waals surface area (Å²) in [5.41, 5.74) is 9.97. The lowest BCUT2D eigenvalue weighted by Crippen LogP contribution is -2.28. The fourth-order valence-corrected chi connectivity index (χ4v) is 0.842. The van der Waals surface area contributed by atoms with Gasteiger partial charge in [0, 0.05) is 11.8 Å². The molecule has 0 aromatic carbocycles. The lowest BCUT2D eigenvalue weighted by atomic mass is 10.1. The minimum absolute atomic E-state index is 0.0418. The molecule has 0 spiro atoms. The maximum atomic E-state index is 12.0. The van der Waals surface area contributed by atoms with Crippen LogP contribution in [0.4, 0.5) is 19.0 Å². The van der Waals surface area contributed by atoms with Gasteiger partial charge >= 0.3 is 6.18 Å². The predicted octanol–water partition coefficient (Wildman–Crippen LogP) is 1.16. The molecule has 1 aromatic rings. The van der Waals surface area contributed by atoms with Gasteiger partial charge in [0.15, 0.2) is 0 Å². The zero-order valence-corrected chi connectivity index (χ0v) is 6.02. The van der Waals surface area contributed by atoms with Gasteiger partial charge in [-0.15, -0.1) is 0 Å². The molecule has 1 atom stereocenters. The van der Waals surface area contributed by atoms with Crippen LogP contribution in [0.15, 0.2) is 12.3 Å². The fourth-order valence-electron chi connectivity index (χ4n) is 0.842. The number of anilines is 1. The van der Waals surface area contributed by atoms with Crippen molar-refractivity contribution in [2.24, 2.45) is 5.73 Å². The third kappa shape index (κ3) is 1.53. The molecule has 0 radical (unpaired) electrons. The van der Waals surface area contributed by atoms with Crippen molar-refractivity contribution in [3.63, 3.8) is 0 Å². The van der Waals surface area contributed by atoms with E-state index in [4.69, 9.17) is 11.5 Å². The molecule has 0 bridgehead atoms. The molecule has 1 rings (SSSR count). The third-order valence-corrected chi connectivity index (χ3v) is 1.50. The Hall–Kier alpha value is -1.17. The monoisotopic (exact) mass is 179 g/mol. The molecule has 1 heterocycles. The number of rotatable bonds is 1. The number of nitrogen functional groups attached to an aromatic ring is 1. The Morgan fingerprint density at radius 3 is 2.33 bits per heavy atom. The van der Waals surface area contributed by atoms with Gasteiger partial charge in [0.05, 0.1) is 0 Å². The van der Waals surface area contributed by atoms with E-state index in [1.54, 1.807) is 0 Å². The highest BCUT2D eigenvalue weighted by atomic mass is 19.4. The van der Waals surface area contributed by atoms with Crippen LogP contribution in [-0.2, 0) is 0 Å². The molecule has 1 aromatic heterocycles. The van der Waals surface area contributed by atoms with Crippen molar-refractivity contribution in [3.05, 3.63) is 17.8 Å². The minimum atomic E-state index is -4.45. The number of halogens is 3. The van der Waals surface area contributed by atoms with Crippen LogP contribution >= 0.6 is 0 Å². The van der Waals surface area contributed by atoms with Crippen molar-refractivity contribution in [1.29, 1.82) is 0 Å². The average Bonchev–Trinajstić information content (AvgIpc) is 2.31. The summed E-state index contributed by atoms with van der Waals surface area (Å²) in [7, 11) is 0. The standard InChI is InChI=1S/C6H8F3N3/c7-6(8,9)4(10)3-1-2-12-5(3)11/h1-2,4,12H,10-11H2/t4-/m1/s1. The van der Waals surface area contributed by atoms with Crippen LogP contribution in [0.3, 0.4) is 0 Å². The second-order valence-corrected chi connectivity index (χ2v) is 2.37. The van der Waals surface area contributed by atoms with E-state index in [1.807, 2.05) is 0 Å². The molecule has 6 heteroatoms. The van der Waals surface area contributed by atoms with Gasteiger partial charge < -0.3 is 16.5 Å². The average molecular weight is 179 g/mol. The second kappa shape index (κ2) is 2.71. The van der Waals surface area contributed by atoms with Crippen molar-refractivity contribution in [3.8, 4) is 0 Å². The normalized spacial score (nSPS) is 14.7. The quantitative estimate of drug-likeness (QED) is 0.605. The van der Waals surface area contributed by atoms with E-state index in [2.05, 4.69) is 4.98 Å². The van der Waals surface area contributed by atoms with E-state index in [-0.39, 0.29) is 11.4 Å². The summed E-state index contributed by atoms with van der Waals surface area (Å²) < 4.78 is 36.0. The highest BCUT2D eigenvalue weighted by molar-refractivity contribution is 5.42. The summed E-state index contributed by atoms with van der Waals surface area (Å²) in [4.78, 5) is 2.42. The number of nitrogens with two attached hydrogens (primary N) is 2. The zero-order valence-electron chi connectivity index (χ0n) is 6.02. The summed E-state index contributed by atoms with van der Waals surface area (Å²) in [5.74, 6) is -0.0418. The summed E-state index contributed by atoms with van der Waals surface area (Å²) in [5, 5.41) is 0. The molecule has 3 nitrogen and oxygen atoms in total. The molecule has 12 heavy (non-hydrogen) atoms. The Morgan fingerprint density at radius 2 is 2.00 bits per heavy atom. The van der Waals surface area contributed by atoms with Gasteiger partial charge in [0.25, 0.3) is 0 Å². The third-order valence-electron chi connectivity index (χ3n) is 1.50. The lowest BCUT2D eigenvalue weighted by molar-refractivity contribution is -0.149. The number of aromatic nitrogens is 1. The summed E-state index contributed by atoms with van der Waals surface area (Å²) >= 11 is 0. The van der Waals surface area contributed by atoms with Gasteiger partial charge in [0.1, 0.15) is 11.9 Å². The van der Waals surface area contributed by atoms with Gasteiger partial charge in [0.2, 0.25) is 0 Å². The van der Waals surface area contributed by atoms with E-state index >= 15 is 0 Å². The van der Waals surface area contributed by atoms with Crippen LogP contribution in [0.25, 0.3) is 0 Å². The first-order valence-electron chi connectivity index (χ1n) is 3.18. The summed E-state index contributed by atoms with van der Waals surface area (Å²) in [6.07, 6.45) is -3.13. The SMILES string of the molecule is Nc1[nH]ccc1[C@@H](N)C(F)(F)F. The van der Waals surface area contributed by atoms with Crippen LogP contribution < -0.4 is 11.5 Å². The Bertz CT molecular complexity index is 265. The predicted molar refractivity (Wildman–Crippen MR) is 38.2 cm³/mol. The van der Waals surface area contributed by atoms with Gasteiger partial charge in [-0.3, -0.25) is 0 Å². The smallest absolute Gasteiger partial charge is 0.385 e. The molecule has 0 amide bonds. The van der Waals surface area contributed by atoms with Crippen molar-refractivity contribution < 1.29 is 13.2 Å². The number of aromatic amines is 1. The maximum Gasteiger partial charge on any atom is 0.407 e. The van der Waals surface area contributed by atoms with Crippen LogP contribution in [0, 0.1) is 0 Å². The number of nitrogens with one attached hydrogen (secondary N) is 1. The van der Waals surface area contributed by atoms with E-state index in [0.717, 1.165) is 0 Å². The van der Waals surface area contributed by atoms with Crippen LogP contribution in [0.5, 0.6) is 0 Å². The van der Waals surface area contributed by atoms with Crippen LogP contribution in [0.1, 0.15) is 11.6 Å². The fraction of sp³-hybridized carbons (Fsp3) is 0.333. The lowest BCUT2D eigenvalue weighted by Gasteiger charge is -2.14. The van der Waals surface area contributed by atoms with Crippen molar-refractivity contribution in [1.82, 2.24) is 4.98 Å². The molecular weight excluding hydrogens is 171 g/mol. The molecule has 5 N–H and O–H groups in total. The van der Waals surface area contributed by atoms with Gasteiger partial charge in [-0.1, -0.05) is 0 Å². The zero-order chi connectivity index (χ0) is 9.35. The molecule has 0 aliphatic rings. The number of alkyl halides is 3. The van der Waals surface area contributed by atoms with E-state index in [1.165, 1.54) is 12.3 Å². The molecular formula is C6H8F3N3. The Kier molecular flexibility index (Phi) is 2.01. The molecule has 0 unspecified atom stereocenters. The highest BCUT2D eigenvalue weighted by Gasteiger charge is 2.39.